The second-order valence-electron chi connectivity index (χ2n) is 4.84. The normalized spacial score (nSPS) is 17.0. The Morgan fingerprint density at radius 1 is 1.25 bits per heavy atom. The number of benzene rings is 1. The molecule has 3 rings (SSSR count). The molecule has 4 nitrogen and oxygen atoms in total. The molecule has 0 aliphatic heterocycles. The quantitative estimate of drug-likeness (QED) is 0.870. The highest BCUT2D eigenvalue weighted by molar-refractivity contribution is 7.15. The number of anilines is 1. The number of nitrogens with zero attached hydrogens (tertiary/aromatic N) is 3. The first kappa shape index (κ1) is 12.7. The van der Waals surface area contributed by atoms with Crippen molar-refractivity contribution in [2.75, 3.05) is 5.73 Å². The highest BCUT2D eigenvalue weighted by Crippen LogP contribution is 2.41. The molecule has 0 radical (unpaired) electrons. The molecular weight excluding hydrogens is 268 g/mol. The third kappa shape index (κ3) is 2.03. The Bertz CT molecular complexity index is 748. The standard InChI is InChI=1S/C15H12N4S/c16-7-10-5-4-9(6-11(10)8-17)12-2-1-3-13-14(12)20-15(18)19-13/h4-6,12H,1-3H2,(H2,18,19). The van der Waals surface area contributed by atoms with Crippen LogP contribution in [0.4, 0.5) is 5.13 Å². The molecule has 1 aromatic heterocycles. The highest BCUT2D eigenvalue weighted by atomic mass is 32.1. The topological polar surface area (TPSA) is 86.5 Å². The van der Waals surface area contributed by atoms with E-state index in [9.17, 15) is 0 Å². The molecule has 2 N–H and O–H groups in total. The number of nitriles is 2. The van der Waals surface area contributed by atoms with Crippen LogP contribution in [0.15, 0.2) is 18.2 Å². The lowest BCUT2D eigenvalue weighted by molar-refractivity contribution is 0.617. The van der Waals surface area contributed by atoms with E-state index in [1.807, 2.05) is 18.2 Å². The molecule has 20 heavy (non-hydrogen) atoms. The molecule has 1 unspecified atom stereocenters. The number of aryl methyl sites for hydroxylation is 1. The summed E-state index contributed by atoms with van der Waals surface area (Å²) in [5.74, 6) is 0.244. The minimum atomic E-state index is 0.244. The summed E-state index contributed by atoms with van der Waals surface area (Å²) in [7, 11) is 0. The summed E-state index contributed by atoms with van der Waals surface area (Å²) in [4.78, 5) is 5.59. The molecule has 2 aromatic rings. The van der Waals surface area contributed by atoms with Gasteiger partial charge in [0, 0.05) is 10.8 Å². The van der Waals surface area contributed by atoms with Crippen LogP contribution in [-0.2, 0) is 6.42 Å². The molecule has 0 saturated carbocycles. The maximum absolute atomic E-state index is 9.14. The first-order chi connectivity index (χ1) is 9.72. The van der Waals surface area contributed by atoms with Crippen LogP contribution in [0.3, 0.4) is 0 Å². The molecule has 1 aliphatic carbocycles. The van der Waals surface area contributed by atoms with Crippen molar-refractivity contribution in [3.05, 3.63) is 45.5 Å². The molecule has 1 aromatic carbocycles. The van der Waals surface area contributed by atoms with Crippen molar-refractivity contribution in [2.24, 2.45) is 0 Å². The predicted octanol–water partition coefficient (Wildman–Crippen LogP) is 2.94. The van der Waals surface area contributed by atoms with Crippen molar-refractivity contribution in [3.8, 4) is 12.1 Å². The lowest BCUT2D eigenvalue weighted by Gasteiger charge is -2.21. The van der Waals surface area contributed by atoms with Crippen LogP contribution < -0.4 is 5.73 Å². The average Bonchev–Trinajstić information content (AvgIpc) is 2.86. The third-order valence-electron chi connectivity index (χ3n) is 3.65. The van der Waals surface area contributed by atoms with Crippen molar-refractivity contribution in [1.29, 1.82) is 10.5 Å². The molecule has 0 bridgehead atoms. The van der Waals surface area contributed by atoms with Crippen LogP contribution in [-0.4, -0.2) is 4.98 Å². The molecule has 0 spiro atoms. The van der Waals surface area contributed by atoms with Crippen molar-refractivity contribution in [2.45, 2.75) is 25.2 Å². The Labute approximate surface area is 121 Å². The summed E-state index contributed by atoms with van der Waals surface area (Å²) >= 11 is 1.54. The summed E-state index contributed by atoms with van der Waals surface area (Å²) in [5, 5.41) is 18.7. The molecule has 0 saturated heterocycles. The van der Waals surface area contributed by atoms with Gasteiger partial charge in [0.05, 0.1) is 16.8 Å². The van der Waals surface area contributed by atoms with Crippen molar-refractivity contribution >= 4 is 16.5 Å². The fourth-order valence-corrected chi connectivity index (χ4v) is 3.77. The molecule has 0 amide bonds. The number of rotatable bonds is 1. The molecule has 98 valence electrons. The smallest absolute Gasteiger partial charge is 0.180 e. The molecular formula is C15H12N4S. The van der Waals surface area contributed by atoms with Gasteiger partial charge < -0.3 is 5.73 Å². The van der Waals surface area contributed by atoms with Gasteiger partial charge in [0.2, 0.25) is 0 Å². The number of aromatic nitrogens is 1. The van der Waals surface area contributed by atoms with Crippen LogP contribution in [0, 0.1) is 22.7 Å². The Balaban J connectivity index is 2.07. The number of hydrogen-bond donors (Lipinski definition) is 1. The fraction of sp³-hybridized carbons (Fsp3) is 0.267. The SMILES string of the molecule is N#Cc1ccc(C2CCCc3nc(N)sc32)cc1C#N. The monoisotopic (exact) mass is 280 g/mol. The predicted molar refractivity (Wildman–Crippen MR) is 77.2 cm³/mol. The summed E-state index contributed by atoms with van der Waals surface area (Å²) in [6.45, 7) is 0. The van der Waals surface area contributed by atoms with E-state index in [-0.39, 0.29) is 5.92 Å². The number of fused-ring (bicyclic) bond motifs is 1. The van der Waals surface area contributed by atoms with Gasteiger partial charge in [0.1, 0.15) is 12.1 Å². The lowest BCUT2D eigenvalue weighted by atomic mass is 9.85. The molecule has 0 fully saturated rings. The van der Waals surface area contributed by atoms with Gasteiger partial charge in [-0.2, -0.15) is 10.5 Å². The number of hydrogen-bond acceptors (Lipinski definition) is 5. The van der Waals surface area contributed by atoms with Crippen LogP contribution in [0.5, 0.6) is 0 Å². The van der Waals surface area contributed by atoms with E-state index in [0.29, 0.717) is 16.3 Å². The first-order valence-corrected chi connectivity index (χ1v) is 7.24. The maximum Gasteiger partial charge on any atom is 0.180 e. The second-order valence-corrected chi connectivity index (χ2v) is 5.90. The Kier molecular flexibility index (Phi) is 3.14. The van der Waals surface area contributed by atoms with Crippen molar-refractivity contribution < 1.29 is 0 Å². The molecule has 1 aliphatic rings. The van der Waals surface area contributed by atoms with E-state index in [0.717, 1.165) is 30.5 Å². The highest BCUT2D eigenvalue weighted by Gasteiger charge is 2.26. The van der Waals surface area contributed by atoms with E-state index in [4.69, 9.17) is 16.3 Å². The van der Waals surface area contributed by atoms with E-state index >= 15 is 0 Å². The van der Waals surface area contributed by atoms with Crippen LogP contribution in [0.1, 0.15) is 46.0 Å². The Hall–Kier alpha value is -2.37. The van der Waals surface area contributed by atoms with Gasteiger partial charge >= 0.3 is 0 Å². The molecule has 1 heterocycles. The summed E-state index contributed by atoms with van der Waals surface area (Å²) < 4.78 is 0. The van der Waals surface area contributed by atoms with Gasteiger partial charge in [-0.05, 0) is 37.0 Å². The van der Waals surface area contributed by atoms with E-state index in [1.165, 1.54) is 16.2 Å². The number of nitrogen functional groups attached to an aromatic ring is 1. The minimum Gasteiger partial charge on any atom is -0.375 e. The zero-order chi connectivity index (χ0) is 14.1. The first-order valence-electron chi connectivity index (χ1n) is 6.42. The number of nitrogens with two attached hydrogens (primary N) is 1. The van der Waals surface area contributed by atoms with Gasteiger partial charge in [0.25, 0.3) is 0 Å². The number of thiazole rings is 1. The van der Waals surface area contributed by atoms with E-state index in [1.54, 1.807) is 6.07 Å². The Morgan fingerprint density at radius 2 is 2.05 bits per heavy atom. The molecule has 5 heteroatoms. The van der Waals surface area contributed by atoms with Crippen LogP contribution >= 0.6 is 11.3 Å². The maximum atomic E-state index is 9.14. The largest absolute Gasteiger partial charge is 0.375 e. The van der Waals surface area contributed by atoms with E-state index < -0.39 is 0 Å². The average molecular weight is 280 g/mol. The van der Waals surface area contributed by atoms with Gasteiger partial charge in [-0.3, -0.25) is 0 Å². The zero-order valence-electron chi connectivity index (χ0n) is 10.8. The van der Waals surface area contributed by atoms with Crippen molar-refractivity contribution in [1.82, 2.24) is 4.98 Å². The van der Waals surface area contributed by atoms with Gasteiger partial charge in [-0.25, -0.2) is 4.98 Å². The zero-order valence-corrected chi connectivity index (χ0v) is 11.6. The summed E-state index contributed by atoms with van der Waals surface area (Å²) in [6.07, 6.45) is 3.08. The summed E-state index contributed by atoms with van der Waals surface area (Å²) in [6, 6.07) is 9.64. The minimum absolute atomic E-state index is 0.244. The molecule has 1 atom stereocenters. The van der Waals surface area contributed by atoms with E-state index in [2.05, 4.69) is 11.1 Å². The van der Waals surface area contributed by atoms with Gasteiger partial charge in [-0.1, -0.05) is 6.07 Å². The summed E-state index contributed by atoms with van der Waals surface area (Å²) in [5.41, 5.74) is 8.84. The van der Waals surface area contributed by atoms with Crippen LogP contribution in [0.25, 0.3) is 0 Å². The van der Waals surface area contributed by atoms with Crippen LogP contribution in [0.2, 0.25) is 0 Å². The van der Waals surface area contributed by atoms with Gasteiger partial charge in [-0.15, -0.1) is 11.3 Å². The second kappa shape index (κ2) is 4.96. The lowest BCUT2D eigenvalue weighted by Crippen LogP contribution is -2.09. The fourth-order valence-electron chi connectivity index (χ4n) is 2.73. The van der Waals surface area contributed by atoms with Crippen molar-refractivity contribution in [3.63, 3.8) is 0 Å². The third-order valence-corrected chi connectivity index (χ3v) is 4.69. The van der Waals surface area contributed by atoms with Gasteiger partial charge in [0.15, 0.2) is 5.13 Å². The Morgan fingerprint density at radius 3 is 2.80 bits per heavy atom.